The highest BCUT2D eigenvalue weighted by molar-refractivity contribution is 5.92. The molecule has 0 aliphatic carbocycles. The molecule has 8 nitrogen and oxygen atoms in total. The number of carbonyl (C=O) groups is 1. The number of nitrogens with one attached hydrogen (secondary N) is 2. The molecule has 2 aromatic rings. The number of likely N-dealkylation sites (tertiary alicyclic amines) is 1. The lowest BCUT2D eigenvalue weighted by atomic mass is 10.2. The Morgan fingerprint density at radius 2 is 2.08 bits per heavy atom. The second kappa shape index (κ2) is 6.46. The van der Waals surface area contributed by atoms with Crippen LogP contribution >= 0.6 is 0 Å². The van der Waals surface area contributed by atoms with E-state index in [9.17, 15) is 4.79 Å². The molecule has 2 aromatic heterocycles. The average molecular weight is 327 g/mol. The first kappa shape index (κ1) is 14.9. The third-order valence-corrected chi connectivity index (χ3v) is 4.70. The van der Waals surface area contributed by atoms with Crippen LogP contribution in [0.3, 0.4) is 0 Å². The van der Waals surface area contributed by atoms with Crippen LogP contribution in [-0.2, 0) is 0 Å². The molecule has 0 aromatic carbocycles. The van der Waals surface area contributed by atoms with Gasteiger partial charge in [-0.25, -0.2) is 14.8 Å². The largest absolute Gasteiger partial charge is 0.355 e. The van der Waals surface area contributed by atoms with Gasteiger partial charge >= 0.3 is 6.03 Å². The van der Waals surface area contributed by atoms with Gasteiger partial charge in [0, 0.05) is 25.8 Å². The molecule has 1 atom stereocenters. The van der Waals surface area contributed by atoms with Crippen molar-refractivity contribution >= 4 is 17.5 Å². The molecule has 2 aliphatic heterocycles. The Bertz CT molecular complexity index is 696. The summed E-state index contributed by atoms with van der Waals surface area (Å²) in [5, 5.41) is 9.82. The number of amides is 2. The molecule has 2 fully saturated rings. The van der Waals surface area contributed by atoms with E-state index in [-0.39, 0.29) is 12.1 Å². The van der Waals surface area contributed by atoms with Gasteiger partial charge in [0.05, 0.1) is 11.7 Å². The van der Waals surface area contributed by atoms with Crippen LogP contribution < -0.4 is 10.2 Å². The average Bonchev–Trinajstić information content (AvgIpc) is 3.35. The van der Waals surface area contributed by atoms with Crippen molar-refractivity contribution in [3.63, 3.8) is 0 Å². The highest BCUT2D eigenvalue weighted by Crippen LogP contribution is 2.31. The third kappa shape index (κ3) is 2.79. The molecule has 0 radical (unpaired) electrons. The van der Waals surface area contributed by atoms with E-state index in [2.05, 4.69) is 30.4 Å². The number of aromatic nitrogens is 4. The lowest BCUT2D eigenvalue weighted by molar-refractivity contribution is 0.205. The summed E-state index contributed by atoms with van der Waals surface area (Å²) >= 11 is 0. The minimum Gasteiger partial charge on any atom is -0.355 e. The van der Waals surface area contributed by atoms with Crippen molar-refractivity contribution in [3.8, 4) is 0 Å². The van der Waals surface area contributed by atoms with Gasteiger partial charge in [-0.3, -0.25) is 5.10 Å². The first-order valence-electron chi connectivity index (χ1n) is 8.46. The van der Waals surface area contributed by atoms with E-state index in [0.717, 1.165) is 49.8 Å². The van der Waals surface area contributed by atoms with Gasteiger partial charge in [-0.15, -0.1) is 0 Å². The van der Waals surface area contributed by atoms with E-state index >= 15 is 0 Å². The highest BCUT2D eigenvalue weighted by atomic mass is 16.2. The zero-order chi connectivity index (χ0) is 16.4. The fourth-order valence-electron chi connectivity index (χ4n) is 3.53. The van der Waals surface area contributed by atoms with Crippen molar-refractivity contribution in [2.45, 2.75) is 31.7 Å². The molecule has 126 valence electrons. The lowest BCUT2D eigenvalue weighted by Gasteiger charge is -2.25. The zero-order valence-corrected chi connectivity index (χ0v) is 13.5. The smallest absolute Gasteiger partial charge is 0.322 e. The molecule has 2 N–H and O–H groups in total. The first-order chi connectivity index (χ1) is 11.8. The van der Waals surface area contributed by atoms with Crippen LogP contribution in [0.15, 0.2) is 24.7 Å². The summed E-state index contributed by atoms with van der Waals surface area (Å²) in [4.78, 5) is 25.5. The molecule has 4 rings (SSSR count). The number of rotatable bonds is 3. The van der Waals surface area contributed by atoms with Crippen molar-refractivity contribution in [1.29, 1.82) is 0 Å². The van der Waals surface area contributed by atoms with Gasteiger partial charge in [0.2, 0.25) is 0 Å². The summed E-state index contributed by atoms with van der Waals surface area (Å²) in [6, 6.07) is 3.62. The van der Waals surface area contributed by atoms with Crippen LogP contribution in [0.5, 0.6) is 0 Å². The molecule has 8 heteroatoms. The predicted molar refractivity (Wildman–Crippen MR) is 89.8 cm³/mol. The standard InChI is InChI=1S/C16H21N7O/c24-16(23-10-4-6-13(23)14-18-11-19-21-14)20-12-5-3-7-17-15(12)22-8-1-2-9-22/h3,5,7,11,13H,1-2,4,6,8-10H2,(H,20,24)(H,18,19,21)/t13-/m1/s1. The molecule has 2 saturated heterocycles. The summed E-state index contributed by atoms with van der Waals surface area (Å²) < 4.78 is 0. The monoisotopic (exact) mass is 327 g/mol. The Balaban J connectivity index is 1.52. The van der Waals surface area contributed by atoms with Crippen molar-refractivity contribution in [2.75, 3.05) is 29.9 Å². The molecule has 0 unspecified atom stereocenters. The van der Waals surface area contributed by atoms with Crippen molar-refractivity contribution in [3.05, 3.63) is 30.5 Å². The van der Waals surface area contributed by atoms with Gasteiger partial charge in [0.15, 0.2) is 5.82 Å². The van der Waals surface area contributed by atoms with Crippen molar-refractivity contribution in [2.24, 2.45) is 0 Å². The minimum atomic E-state index is -0.109. The zero-order valence-electron chi connectivity index (χ0n) is 13.5. The summed E-state index contributed by atoms with van der Waals surface area (Å²) in [6.45, 7) is 2.70. The Labute approximate surface area is 140 Å². The number of urea groups is 1. The topological polar surface area (TPSA) is 90.0 Å². The van der Waals surface area contributed by atoms with Gasteiger partial charge in [0.1, 0.15) is 12.2 Å². The number of carbonyl (C=O) groups excluding carboxylic acids is 1. The minimum absolute atomic E-state index is 0.0422. The Hall–Kier alpha value is -2.64. The second-order valence-corrected chi connectivity index (χ2v) is 6.22. The van der Waals surface area contributed by atoms with E-state index in [0.29, 0.717) is 0 Å². The quantitative estimate of drug-likeness (QED) is 0.902. The van der Waals surface area contributed by atoms with E-state index in [1.54, 1.807) is 6.20 Å². The fraction of sp³-hybridized carbons (Fsp3) is 0.500. The van der Waals surface area contributed by atoms with Crippen LogP contribution in [0.4, 0.5) is 16.3 Å². The van der Waals surface area contributed by atoms with E-state index in [1.165, 1.54) is 19.2 Å². The summed E-state index contributed by atoms with van der Waals surface area (Å²) in [6.07, 6.45) is 7.46. The normalized spacial score (nSPS) is 20.6. The fourth-order valence-corrected chi connectivity index (χ4v) is 3.53. The first-order valence-corrected chi connectivity index (χ1v) is 8.46. The number of pyridine rings is 1. The number of H-pyrrole nitrogens is 1. The van der Waals surface area contributed by atoms with Gasteiger partial charge in [-0.2, -0.15) is 5.10 Å². The molecule has 0 bridgehead atoms. The van der Waals surface area contributed by atoms with Gasteiger partial charge in [-0.1, -0.05) is 0 Å². The molecule has 0 spiro atoms. The predicted octanol–water partition coefficient (Wildman–Crippen LogP) is 2.17. The van der Waals surface area contributed by atoms with E-state index in [1.807, 2.05) is 17.0 Å². The lowest BCUT2D eigenvalue weighted by Crippen LogP contribution is -2.35. The molecule has 2 aliphatic rings. The Morgan fingerprint density at radius 1 is 1.21 bits per heavy atom. The molecule has 4 heterocycles. The van der Waals surface area contributed by atoms with Crippen LogP contribution in [0.2, 0.25) is 0 Å². The summed E-state index contributed by atoms with van der Waals surface area (Å²) in [5.74, 6) is 1.60. The maximum absolute atomic E-state index is 12.8. The van der Waals surface area contributed by atoms with E-state index in [4.69, 9.17) is 0 Å². The SMILES string of the molecule is O=C(Nc1cccnc1N1CCCC1)N1CCC[C@@H]1c1ncn[nH]1. The highest BCUT2D eigenvalue weighted by Gasteiger charge is 2.32. The van der Waals surface area contributed by atoms with Gasteiger partial charge in [0.25, 0.3) is 0 Å². The maximum Gasteiger partial charge on any atom is 0.322 e. The van der Waals surface area contributed by atoms with Crippen LogP contribution in [0.1, 0.15) is 37.5 Å². The number of aromatic amines is 1. The summed E-state index contributed by atoms with van der Waals surface area (Å²) in [7, 11) is 0. The third-order valence-electron chi connectivity index (χ3n) is 4.70. The van der Waals surface area contributed by atoms with Crippen LogP contribution in [0, 0.1) is 0 Å². The Morgan fingerprint density at radius 3 is 2.88 bits per heavy atom. The maximum atomic E-state index is 12.8. The Kier molecular flexibility index (Phi) is 4.02. The number of hydrogen-bond donors (Lipinski definition) is 2. The molecular weight excluding hydrogens is 306 g/mol. The van der Waals surface area contributed by atoms with E-state index < -0.39 is 0 Å². The van der Waals surface area contributed by atoms with Crippen molar-refractivity contribution in [1.82, 2.24) is 25.1 Å². The molecular formula is C16H21N7O. The number of anilines is 2. The second-order valence-electron chi connectivity index (χ2n) is 6.22. The van der Waals surface area contributed by atoms with Gasteiger partial charge < -0.3 is 15.1 Å². The van der Waals surface area contributed by atoms with Crippen LogP contribution in [0.25, 0.3) is 0 Å². The molecule has 2 amide bonds. The molecule has 24 heavy (non-hydrogen) atoms. The van der Waals surface area contributed by atoms with Crippen LogP contribution in [-0.4, -0.2) is 50.7 Å². The van der Waals surface area contributed by atoms with Gasteiger partial charge in [-0.05, 0) is 37.8 Å². The molecule has 0 saturated carbocycles. The summed E-state index contributed by atoms with van der Waals surface area (Å²) in [5.41, 5.74) is 0.771. The number of hydrogen-bond acceptors (Lipinski definition) is 5. The van der Waals surface area contributed by atoms with Crippen molar-refractivity contribution < 1.29 is 4.79 Å². The number of nitrogens with zero attached hydrogens (tertiary/aromatic N) is 5.